The molecule has 0 heterocycles. The molecule has 2 N–H and O–H groups in total. The van der Waals surface area contributed by atoms with Crippen molar-refractivity contribution in [3.63, 3.8) is 0 Å². The number of phenols is 1. The summed E-state index contributed by atoms with van der Waals surface area (Å²) in [6, 6.07) is 5.27. The number of ether oxygens (including phenoxy) is 1. The van der Waals surface area contributed by atoms with Crippen LogP contribution in [-0.2, 0) is 4.79 Å². The average molecular weight is 277 g/mol. The van der Waals surface area contributed by atoms with Crippen molar-refractivity contribution in [3.8, 4) is 11.5 Å². The van der Waals surface area contributed by atoms with E-state index in [2.05, 4.69) is 5.32 Å². The average Bonchev–Trinajstić information content (AvgIpc) is 2.64. The van der Waals surface area contributed by atoms with Gasteiger partial charge >= 0.3 is 0 Å². The Morgan fingerprint density at radius 3 is 2.60 bits per heavy atom. The Labute approximate surface area is 120 Å². The minimum absolute atomic E-state index is 0.000602. The van der Waals surface area contributed by atoms with Crippen LogP contribution in [0.2, 0.25) is 0 Å². The highest BCUT2D eigenvalue weighted by Crippen LogP contribution is 2.21. The van der Waals surface area contributed by atoms with Crippen LogP contribution in [0.15, 0.2) is 18.2 Å². The van der Waals surface area contributed by atoms with Crippen LogP contribution in [0.3, 0.4) is 0 Å². The largest absolute Gasteiger partial charge is 0.508 e. The number of nitrogens with one attached hydrogen (secondary N) is 1. The minimum atomic E-state index is -0.0853. The van der Waals surface area contributed by atoms with E-state index in [1.807, 2.05) is 6.92 Å². The second kappa shape index (κ2) is 7.17. The zero-order chi connectivity index (χ0) is 14.4. The molecular formula is C16H23NO3. The van der Waals surface area contributed by atoms with Crippen LogP contribution in [0.4, 0.5) is 0 Å². The molecule has 0 atom stereocenters. The highest BCUT2D eigenvalue weighted by atomic mass is 16.5. The summed E-state index contributed by atoms with van der Waals surface area (Å²) in [5, 5.41) is 12.5. The highest BCUT2D eigenvalue weighted by molar-refractivity contribution is 5.77. The van der Waals surface area contributed by atoms with Crippen LogP contribution in [-0.4, -0.2) is 23.7 Å². The first-order valence-electron chi connectivity index (χ1n) is 7.36. The second-order valence-electron chi connectivity index (χ2n) is 5.55. The normalized spacial score (nSPS) is 16.4. The van der Waals surface area contributed by atoms with Crippen molar-refractivity contribution in [2.75, 3.05) is 6.61 Å². The summed E-state index contributed by atoms with van der Waals surface area (Å²) >= 11 is 0. The molecule has 1 saturated carbocycles. The standard InChI is InChI=1S/C16H23NO3/c1-12-8-14(18)10-15(9-12)20-11-16(19)17-13-6-4-2-3-5-7-13/h8-10,13,18H,2-7,11H2,1H3,(H,17,19). The molecule has 0 unspecified atom stereocenters. The Bertz CT molecular complexity index is 431. The van der Waals surface area contributed by atoms with E-state index in [-0.39, 0.29) is 18.3 Å². The van der Waals surface area contributed by atoms with Gasteiger partial charge in [-0.05, 0) is 37.5 Å². The number of hydrogen-bond acceptors (Lipinski definition) is 3. The maximum absolute atomic E-state index is 11.9. The van der Waals surface area contributed by atoms with Gasteiger partial charge in [0, 0.05) is 12.1 Å². The molecule has 4 nitrogen and oxygen atoms in total. The third-order valence-corrected chi connectivity index (χ3v) is 3.63. The highest BCUT2D eigenvalue weighted by Gasteiger charge is 2.14. The fourth-order valence-electron chi connectivity index (χ4n) is 2.65. The molecule has 0 spiro atoms. The molecule has 110 valence electrons. The zero-order valence-corrected chi connectivity index (χ0v) is 12.0. The van der Waals surface area contributed by atoms with Gasteiger partial charge in [-0.3, -0.25) is 4.79 Å². The lowest BCUT2D eigenvalue weighted by Gasteiger charge is -2.16. The number of benzene rings is 1. The summed E-state index contributed by atoms with van der Waals surface area (Å²) in [5.41, 5.74) is 0.907. The minimum Gasteiger partial charge on any atom is -0.508 e. The van der Waals surface area contributed by atoms with Crippen LogP contribution in [0, 0.1) is 6.92 Å². The van der Waals surface area contributed by atoms with Gasteiger partial charge < -0.3 is 15.2 Å². The van der Waals surface area contributed by atoms with Gasteiger partial charge in [-0.2, -0.15) is 0 Å². The number of hydrogen-bond donors (Lipinski definition) is 2. The van der Waals surface area contributed by atoms with Gasteiger partial charge in [0.25, 0.3) is 5.91 Å². The predicted octanol–water partition coefficient (Wildman–Crippen LogP) is 2.92. The lowest BCUT2D eigenvalue weighted by molar-refractivity contribution is -0.123. The summed E-state index contributed by atoms with van der Waals surface area (Å²) in [5.74, 6) is 0.598. The van der Waals surface area contributed by atoms with E-state index in [4.69, 9.17) is 4.74 Å². The smallest absolute Gasteiger partial charge is 0.258 e. The summed E-state index contributed by atoms with van der Waals surface area (Å²) in [7, 11) is 0. The van der Waals surface area contributed by atoms with Gasteiger partial charge in [-0.15, -0.1) is 0 Å². The molecular weight excluding hydrogens is 254 g/mol. The number of aryl methyl sites for hydroxylation is 1. The summed E-state index contributed by atoms with van der Waals surface area (Å²) in [6.07, 6.45) is 7.06. The summed E-state index contributed by atoms with van der Waals surface area (Å²) in [6.45, 7) is 1.87. The molecule has 1 amide bonds. The van der Waals surface area contributed by atoms with Crippen LogP contribution in [0.1, 0.15) is 44.1 Å². The quantitative estimate of drug-likeness (QED) is 0.832. The second-order valence-corrected chi connectivity index (χ2v) is 5.55. The molecule has 2 rings (SSSR count). The summed E-state index contributed by atoms with van der Waals surface area (Å²) in [4.78, 5) is 11.9. The summed E-state index contributed by atoms with van der Waals surface area (Å²) < 4.78 is 5.43. The molecule has 0 bridgehead atoms. The Morgan fingerprint density at radius 2 is 1.95 bits per heavy atom. The molecule has 0 aliphatic heterocycles. The van der Waals surface area contributed by atoms with Gasteiger partial charge in [-0.1, -0.05) is 25.7 Å². The van der Waals surface area contributed by atoms with E-state index in [9.17, 15) is 9.90 Å². The van der Waals surface area contributed by atoms with Crippen LogP contribution < -0.4 is 10.1 Å². The molecule has 1 aliphatic carbocycles. The third kappa shape index (κ3) is 4.76. The zero-order valence-electron chi connectivity index (χ0n) is 12.0. The van der Waals surface area contributed by atoms with Gasteiger partial charge in [-0.25, -0.2) is 0 Å². The Balaban J connectivity index is 1.79. The number of phenolic OH excluding ortho intramolecular Hbond substituents is 1. The van der Waals surface area contributed by atoms with Crippen molar-refractivity contribution in [1.29, 1.82) is 0 Å². The van der Waals surface area contributed by atoms with Crippen molar-refractivity contribution < 1.29 is 14.6 Å². The van der Waals surface area contributed by atoms with Crippen molar-refractivity contribution in [2.24, 2.45) is 0 Å². The van der Waals surface area contributed by atoms with Gasteiger partial charge in [0.05, 0.1) is 0 Å². The predicted molar refractivity (Wildman–Crippen MR) is 78.0 cm³/mol. The molecule has 1 aromatic carbocycles. The number of carbonyl (C=O) groups is 1. The molecule has 0 radical (unpaired) electrons. The number of amides is 1. The van der Waals surface area contributed by atoms with Gasteiger partial charge in [0.15, 0.2) is 6.61 Å². The Morgan fingerprint density at radius 1 is 1.25 bits per heavy atom. The lowest BCUT2D eigenvalue weighted by atomic mass is 10.1. The molecule has 0 aromatic heterocycles. The van der Waals surface area contributed by atoms with Crippen LogP contribution in [0.5, 0.6) is 11.5 Å². The van der Waals surface area contributed by atoms with Crippen molar-refractivity contribution in [2.45, 2.75) is 51.5 Å². The van der Waals surface area contributed by atoms with Crippen molar-refractivity contribution >= 4 is 5.91 Å². The molecule has 1 fully saturated rings. The SMILES string of the molecule is Cc1cc(O)cc(OCC(=O)NC2CCCCCC2)c1. The van der Waals surface area contributed by atoms with Crippen LogP contribution in [0.25, 0.3) is 0 Å². The Hall–Kier alpha value is -1.71. The Kier molecular flexibility index (Phi) is 5.27. The number of aromatic hydroxyl groups is 1. The van der Waals surface area contributed by atoms with E-state index in [1.54, 1.807) is 12.1 Å². The number of rotatable bonds is 4. The topological polar surface area (TPSA) is 58.6 Å². The van der Waals surface area contributed by atoms with E-state index < -0.39 is 0 Å². The monoisotopic (exact) mass is 277 g/mol. The molecule has 20 heavy (non-hydrogen) atoms. The molecule has 1 aromatic rings. The van der Waals surface area contributed by atoms with Crippen LogP contribution >= 0.6 is 0 Å². The number of carbonyl (C=O) groups excluding carboxylic acids is 1. The fourth-order valence-corrected chi connectivity index (χ4v) is 2.65. The van der Waals surface area contributed by atoms with E-state index in [0.717, 1.165) is 18.4 Å². The first-order valence-corrected chi connectivity index (χ1v) is 7.36. The maximum atomic E-state index is 11.9. The molecule has 4 heteroatoms. The van der Waals surface area contributed by atoms with E-state index >= 15 is 0 Å². The maximum Gasteiger partial charge on any atom is 0.258 e. The van der Waals surface area contributed by atoms with E-state index in [0.29, 0.717) is 11.8 Å². The molecule has 1 aliphatic rings. The van der Waals surface area contributed by atoms with Gasteiger partial charge in [0.2, 0.25) is 0 Å². The lowest BCUT2D eigenvalue weighted by Crippen LogP contribution is -2.37. The third-order valence-electron chi connectivity index (χ3n) is 3.63. The van der Waals surface area contributed by atoms with Gasteiger partial charge in [0.1, 0.15) is 11.5 Å². The molecule has 0 saturated heterocycles. The van der Waals surface area contributed by atoms with Crippen molar-refractivity contribution in [1.82, 2.24) is 5.32 Å². The first kappa shape index (κ1) is 14.7. The fraction of sp³-hybridized carbons (Fsp3) is 0.562. The van der Waals surface area contributed by atoms with E-state index in [1.165, 1.54) is 31.7 Å². The first-order chi connectivity index (χ1) is 9.63. The van der Waals surface area contributed by atoms with Crippen molar-refractivity contribution in [3.05, 3.63) is 23.8 Å².